The Morgan fingerprint density at radius 3 is 2.70 bits per heavy atom. The molecule has 0 bridgehead atoms. The molecule has 0 atom stereocenters. The third kappa shape index (κ3) is 1.79. The summed E-state index contributed by atoms with van der Waals surface area (Å²) in [5.74, 6) is -0.0358. The fraction of sp³-hybridized carbons (Fsp3) is 0.133. The fourth-order valence-electron chi connectivity index (χ4n) is 2.35. The van der Waals surface area contributed by atoms with E-state index in [9.17, 15) is 14.6 Å². The van der Waals surface area contributed by atoms with Crippen LogP contribution in [-0.2, 0) is 6.54 Å². The molecule has 0 aliphatic heterocycles. The van der Waals surface area contributed by atoms with Crippen LogP contribution in [0.2, 0.25) is 0 Å². The summed E-state index contributed by atoms with van der Waals surface area (Å²) >= 11 is 0. The number of rotatable bonds is 2. The van der Waals surface area contributed by atoms with Gasteiger partial charge in [-0.05, 0) is 31.2 Å². The molecule has 20 heavy (non-hydrogen) atoms. The van der Waals surface area contributed by atoms with E-state index in [1.54, 1.807) is 18.2 Å². The number of halogens is 1. The summed E-state index contributed by atoms with van der Waals surface area (Å²) in [4.78, 5) is 4.29. The van der Waals surface area contributed by atoms with Crippen molar-refractivity contribution in [3.05, 3.63) is 42.2 Å². The molecular formula is C15H13FN2O2. The second kappa shape index (κ2) is 4.52. The summed E-state index contributed by atoms with van der Waals surface area (Å²) in [6.07, 6.45) is 0. The van der Waals surface area contributed by atoms with Gasteiger partial charge in [-0.3, -0.25) is 0 Å². The maximum atomic E-state index is 13.8. The van der Waals surface area contributed by atoms with Gasteiger partial charge in [-0.2, -0.15) is 0 Å². The molecule has 0 saturated heterocycles. The van der Waals surface area contributed by atoms with E-state index in [-0.39, 0.29) is 17.0 Å². The van der Waals surface area contributed by atoms with Crippen molar-refractivity contribution in [2.75, 3.05) is 0 Å². The van der Waals surface area contributed by atoms with E-state index in [0.717, 1.165) is 0 Å². The molecule has 1 aromatic heterocycles. The van der Waals surface area contributed by atoms with Gasteiger partial charge in [0.05, 0.1) is 11.1 Å². The molecule has 3 rings (SSSR count). The highest BCUT2D eigenvalue weighted by molar-refractivity contribution is 5.82. The standard InChI is InChI=1S/C15H13FN2O2/c1-2-18-12-5-3-4-11(16)14(12)17-15(18)10-7-6-9(19)8-13(10)20/h3-8,19-20H,2H2,1H3. The van der Waals surface area contributed by atoms with E-state index < -0.39 is 5.82 Å². The number of aryl methyl sites for hydroxylation is 1. The third-order valence-electron chi connectivity index (χ3n) is 3.27. The van der Waals surface area contributed by atoms with E-state index >= 15 is 0 Å². The molecule has 1 heterocycles. The van der Waals surface area contributed by atoms with Gasteiger partial charge in [0.2, 0.25) is 0 Å². The summed E-state index contributed by atoms with van der Waals surface area (Å²) in [6.45, 7) is 2.52. The van der Waals surface area contributed by atoms with Crippen LogP contribution in [0.4, 0.5) is 4.39 Å². The van der Waals surface area contributed by atoms with Gasteiger partial charge in [0.15, 0.2) is 5.82 Å². The molecule has 0 aliphatic carbocycles. The maximum absolute atomic E-state index is 13.8. The lowest BCUT2D eigenvalue weighted by Gasteiger charge is -2.08. The Labute approximate surface area is 114 Å². The van der Waals surface area contributed by atoms with Crippen LogP contribution in [0.15, 0.2) is 36.4 Å². The van der Waals surface area contributed by atoms with Crippen LogP contribution < -0.4 is 0 Å². The number of para-hydroxylation sites is 1. The van der Waals surface area contributed by atoms with Gasteiger partial charge >= 0.3 is 0 Å². The van der Waals surface area contributed by atoms with E-state index in [1.165, 1.54) is 18.2 Å². The maximum Gasteiger partial charge on any atom is 0.151 e. The van der Waals surface area contributed by atoms with Crippen molar-refractivity contribution in [3.63, 3.8) is 0 Å². The minimum atomic E-state index is -0.394. The Hall–Kier alpha value is -2.56. The van der Waals surface area contributed by atoms with Crippen molar-refractivity contribution in [1.29, 1.82) is 0 Å². The molecule has 0 unspecified atom stereocenters. The number of hydrogen-bond acceptors (Lipinski definition) is 3. The Balaban J connectivity index is 2.33. The normalized spacial score (nSPS) is 11.1. The summed E-state index contributed by atoms with van der Waals surface area (Å²) in [5.41, 5.74) is 1.41. The molecule has 0 aliphatic rings. The third-order valence-corrected chi connectivity index (χ3v) is 3.27. The van der Waals surface area contributed by atoms with E-state index in [2.05, 4.69) is 4.98 Å². The Morgan fingerprint density at radius 2 is 2.00 bits per heavy atom. The largest absolute Gasteiger partial charge is 0.508 e. The highest BCUT2D eigenvalue weighted by Crippen LogP contribution is 2.33. The number of nitrogens with zero attached hydrogens (tertiary/aromatic N) is 2. The van der Waals surface area contributed by atoms with Crippen LogP contribution in [0.3, 0.4) is 0 Å². The van der Waals surface area contributed by atoms with Crippen molar-refractivity contribution < 1.29 is 14.6 Å². The Kier molecular flexibility index (Phi) is 2.82. The Bertz CT molecular complexity index is 796. The summed E-state index contributed by atoms with van der Waals surface area (Å²) in [5, 5.41) is 19.3. The van der Waals surface area contributed by atoms with Gasteiger partial charge in [0.25, 0.3) is 0 Å². The van der Waals surface area contributed by atoms with E-state index in [1.807, 2.05) is 11.5 Å². The van der Waals surface area contributed by atoms with Gasteiger partial charge in [-0.1, -0.05) is 6.07 Å². The number of phenols is 2. The van der Waals surface area contributed by atoms with Crippen LogP contribution in [-0.4, -0.2) is 19.8 Å². The smallest absolute Gasteiger partial charge is 0.151 e. The molecule has 0 spiro atoms. The monoisotopic (exact) mass is 272 g/mol. The predicted molar refractivity (Wildman–Crippen MR) is 74.1 cm³/mol. The topological polar surface area (TPSA) is 58.3 Å². The van der Waals surface area contributed by atoms with Crippen LogP contribution in [0.5, 0.6) is 11.5 Å². The second-order valence-electron chi connectivity index (χ2n) is 4.49. The highest BCUT2D eigenvalue weighted by Gasteiger charge is 2.16. The van der Waals surface area contributed by atoms with E-state index in [0.29, 0.717) is 23.4 Å². The molecule has 0 amide bonds. The summed E-state index contributed by atoms with van der Waals surface area (Å²) < 4.78 is 15.6. The number of imidazole rings is 1. The number of benzene rings is 2. The molecule has 102 valence electrons. The van der Waals surface area contributed by atoms with Crippen LogP contribution in [0.25, 0.3) is 22.4 Å². The Morgan fingerprint density at radius 1 is 1.20 bits per heavy atom. The molecule has 5 heteroatoms. The minimum absolute atomic E-state index is 0.0309. The van der Waals surface area contributed by atoms with Crippen LogP contribution >= 0.6 is 0 Å². The number of fused-ring (bicyclic) bond motifs is 1. The van der Waals surface area contributed by atoms with Crippen LogP contribution in [0.1, 0.15) is 6.92 Å². The number of hydrogen-bond donors (Lipinski definition) is 2. The first-order valence-corrected chi connectivity index (χ1v) is 6.29. The average Bonchev–Trinajstić information content (AvgIpc) is 2.78. The lowest BCUT2D eigenvalue weighted by molar-refractivity contribution is 0.451. The zero-order chi connectivity index (χ0) is 14.3. The molecule has 0 saturated carbocycles. The first kappa shape index (κ1) is 12.5. The lowest BCUT2D eigenvalue weighted by Crippen LogP contribution is -1.97. The molecule has 2 aromatic carbocycles. The molecule has 0 radical (unpaired) electrons. The van der Waals surface area contributed by atoms with Crippen LogP contribution in [0, 0.1) is 5.82 Å². The van der Waals surface area contributed by atoms with Gasteiger partial charge in [0, 0.05) is 12.6 Å². The van der Waals surface area contributed by atoms with Gasteiger partial charge < -0.3 is 14.8 Å². The van der Waals surface area contributed by atoms with Gasteiger partial charge in [0.1, 0.15) is 22.8 Å². The zero-order valence-corrected chi connectivity index (χ0v) is 10.8. The molecular weight excluding hydrogens is 259 g/mol. The number of aromatic nitrogens is 2. The van der Waals surface area contributed by atoms with Gasteiger partial charge in [-0.25, -0.2) is 9.37 Å². The highest BCUT2D eigenvalue weighted by atomic mass is 19.1. The molecule has 0 fully saturated rings. The first-order chi connectivity index (χ1) is 9.61. The quantitative estimate of drug-likeness (QED) is 0.752. The predicted octanol–water partition coefficient (Wildman–Crippen LogP) is 3.27. The zero-order valence-electron chi connectivity index (χ0n) is 10.8. The summed E-state index contributed by atoms with van der Waals surface area (Å²) in [6, 6.07) is 9.05. The molecule has 3 aromatic rings. The molecule has 2 N–H and O–H groups in total. The SMILES string of the molecule is CCn1c(-c2ccc(O)cc2O)nc2c(F)cccc21. The van der Waals surface area contributed by atoms with Crippen molar-refractivity contribution >= 4 is 11.0 Å². The molecule has 4 nitrogen and oxygen atoms in total. The van der Waals surface area contributed by atoms with Crippen molar-refractivity contribution in [3.8, 4) is 22.9 Å². The second-order valence-corrected chi connectivity index (χ2v) is 4.49. The number of aromatic hydroxyl groups is 2. The van der Waals surface area contributed by atoms with Gasteiger partial charge in [-0.15, -0.1) is 0 Å². The summed E-state index contributed by atoms with van der Waals surface area (Å²) in [7, 11) is 0. The van der Waals surface area contributed by atoms with Crippen molar-refractivity contribution in [2.24, 2.45) is 0 Å². The average molecular weight is 272 g/mol. The lowest BCUT2D eigenvalue weighted by atomic mass is 10.2. The van der Waals surface area contributed by atoms with E-state index in [4.69, 9.17) is 0 Å². The fourth-order valence-corrected chi connectivity index (χ4v) is 2.35. The first-order valence-electron chi connectivity index (χ1n) is 6.29. The van der Waals surface area contributed by atoms with Crippen molar-refractivity contribution in [2.45, 2.75) is 13.5 Å². The minimum Gasteiger partial charge on any atom is -0.508 e. The van der Waals surface area contributed by atoms with Crippen molar-refractivity contribution in [1.82, 2.24) is 9.55 Å². The number of phenolic OH excluding ortho intramolecular Hbond substituents is 2.